The van der Waals surface area contributed by atoms with Gasteiger partial charge in [0.2, 0.25) is 5.89 Å². The van der Waals surface area contributed by atoms with Crippen LogP contribution in [0.25, 0.3) is 22.5 Å². The Morgan fingerprint density at radius 3 is 2.68 bits per heavy atom. The SMILES string of the molecule is C[C@@H]1CN(C(=O)c2ccccc2)CCN1C(=O)C(=O)c1c[nH]c2c(-c3ncco3)cc(Cl)nc12. The number of fused-ring (bicyclic) bond motifs is 1. The molecule has 1 aliphatic heterocycles. The Balaban J connectivity index is 1.37. The molecule has 10 heteroatoms. The lowest BCUT2D eigenvalue weighted by Crippen LogP contribution is -2.56. The number of benzene rings is 1. The Morgan fingerprint density at radius 1 is 1.18 bits per heavy atom. The van der Waals surface area contributed by atoms with Crippen LogP contribution in [-0.2, 0) is 4.79 Å². The van der Waals surface area contributed by atoms with Gasteiger partial charge in [0.05, 0.1) is 22.8 Å². The molecule has 1 aromatic carbocycles. The highest BCUT2D eigenvalue weighted by Gasteiger charge is 2.34. The molecular formula is C24H20ClN5O4. The third-order valence-corrected chi connectivity index (χ3v) is 6.10. The molecule has 1 fully saturated rings. The Hall–Kier alpha value is -3.98. The summed E-state index contributed by atoms with van der Waals surface area (Å²) in [5.41, 5.74) is 2.01. The largest absolute Gasteiger partial charge is 0.444 e. The minimum absolute atomic E-state index is 0.0968. The summed E-state index contributed by atoms with van der Waals surface area (Å²) in [5.74, 6) is -1.14. The van der Waals surface area contributed by atoms with E-state index >= 15 is 0 Å². The van der Waals surface area contributed by atoms with Crippen LogP contribution in [0.15, 0.2) is 59.5 Å². The number of pyridine rings is 1. The maximum atomic E-state index is 13.2. The third kappa shape index (κ3) is 3.84. The lowest BCUT2D eigenvalue weighted by Gasteiger charge is -2.39. The smallest absolute Gasteiger partial charge is 0.295 e. The maximum absolute atomic E-state index is 13.2. The number of amides is 2. The molecule has 0 bridgehead atoms. The fourth-order valence-corrected chi connectivity index (χ4v) is 4.41. The Bertz CT molecular complexity index is 1380. The quantitative estimate of drug-likeness (QED) is 0.274. The molecule has 34 heavy (non-hydrogen) atoms. The third-order valence-electron chi connectivity index (χ3n) is 5.90. The van der Waals surface area contributed by atoms with Gasteiger partial charge in [0, 0.05) is 37.4 Å². The van der Waals surface area contributed by atoms with Crippen molar-refractivity contribution < 1.29 is 18.8 Å². The molecular weight excluding hydrogens is 458 g/mol. The van der Waals surface area contributed by atoms with Crippen LogP contribution >= 0.6 is 11.6 Å². The first-order chi connectivity index (χ1) is 16.4. The summed E-state index contributed by atoms with van der Waals surface area (Å²) in [7, 11) is 0. The second-order valence-electron chi connectivity index (χ2n) is 8.05. The van der Waals surface area contributed by atoms with Gasteiger partial charge < -0.3 is 19.2 Å². The van der Waals surface area contributed by atoms with Gasteiger partial charge in [0.15, 0.2) is 0 Å². The normalized spacial score (nSPS) is 16.1. The summed E-state index contributed by atoms with van der Waals surface area (Å²) >= 11 is 6.18. The molecule has 2 amide bonds. The molecule has 4 heterocycles. The van der Waals surface area contributed by atoms with E-state index in [1.807, 2.05) is 25.1 Å². The van der Waals surface area contributed by atoms with Crippen molar-refractivity contribution in [1.82, 2.24) is 24.8 Å². The molecule has 5 rings (SSSR count). The number of nitrogens with one attached hydrogen (secondary N) is 1. The van der Waals surface area contributed by atoms with Crippen LogP contribution in [0.3, 0.4) is 0 Å². The number of aromatic nitrogens is 3. The van der Waals surface area contributed by atoms with Crippen LogP contribution in [0.2, 0.25) is 5.15 Å². The van der Waals surface area contributed by atoms with Crippen molar-refractivity contribution >= 4 is 40.2 Å². The minimum Gasteiger partial charge on any atom is -0.444 e. The summed E-state index contributed by atoms with van der Waals surface area (Å²) < 4.78 is 5.36. The highest BCUT2D eigenvalue weighted by atomic mass is 35.5. The van der Waals surface area contributed by atoms with Crippen LogP contribution in [0.4, 0.5) is 0 Å². The number of hydrogen-bond acceptors (Lipinski definition) is 6. The van der Waals surface area contributed by atoms with Gasteiger partial charge in [-0.25, -0.2) is 9.97 Å². The Morgan fingerprint density at radius 2 is 1.97 bits per heavy atom. The molecule has 0 spiro atoms. The van der Waals surface area contributed by atoms with E-state index in [9.17, 15) is 14.4 Å². The molecule has 0 unspecified atom stereocenters. The molecule has 1 atom stereocenters. The van der Waals surface area contributed by atoms with E-state index in [4.69, 9.17) is 16.0 Å². The summed E-state index contributed by atoms with van der Waals surface area (Å²) in [6.45, 7) is 2.74. The number of Topliss-reactive ketones (excluding diaryl/α,β-unsaturated/α-hetero) is 1. The monoisotopic (exact) mass is 477 g/mol. The molecule has 172 valence electrons. The van der Waals surface area contributed by atoms with Crippen LogP contribution in [-0.4, -0.2) is 68.0 Å². The van der Waals surface area contributed by atoms with Gasteiger partial charge in [0.1, 0.15) is 16.9 Å². The van der Waals surface area contributed by atoms with Crippen molar-refractivity contribution in [3.63, 3.8) is 0 Å². The number of aromatic amines is 1. The number of nitrogens with zero attached hydrogens (tertiary/aromatic N) is 4. The zero-order valence-electron chi connectivity index (χ0n) is 18.2. The Kier molecular flexibility index (Phi) is 5.62. The first-order valence-corrected chi connectivity index (χ1v) is 11.1. The van der Waals surface area contributed by atoms with Crippen molar-refractivity contribution in [2.75, 3.05) is 19.6 Å². The molecule has 0 saturated carbocycles. The summed E-state index contributed by atoms with van der Waals surface area (Å²) in [6, 6.07) is 10.2. The van der Waals surface area contributed by atoms with Gasteiger partial charge in [-0.05, 0) is 25.1 Å². The fourth-order valence-electron chi connectivity index (χ4n) is 4.22. The van der Waals surface area contributed by atoms with Crippen molar-refractivity contribution in [2.45, 2.75) is 13.0 Å². The van der Waals surface area contributed by atoms with E-state index in [-0.39, 0.29) is 34.7 Å². The van der Waals surface area contributed by atoms with Crippen LogP contribution in [0.5, 0.6) is 0 Å². The van der Waals surface area contributed by atoms with E-state index < -0.39 is 11.7 Å². The van der Waals surface area contributed by atoms with Gasteiger partial charge in [-0.15, -0.1) is 0 Å². The molecule has 1 aliphatic rings. The van der Waals surface area contributed by atoms with Gasteiger partial charge >= 0.3 is 0 Å². The fraction of sp³-hybridized carbons (Fsp3) is 0.208. The second kappa shape index (κ2) is 8.75. The standard InChI is InChI=1S/C24H20ClN5O4/c1-14-13-29(23(32)15-5-3-2-4-6-15)8-9-30(14)24(33)21(31)17-12-27-19-16(22-26-7-10-34-22)11-18(25)28-20(17)19/h2-7,10-12,14,27H,8-9,13H2,1H3/t14-/m1/s1. The highest BCUT2D eigenvalue weighted by molar-refractivity contribution is 6.45. The number of hydrogen-bond donors (Lipinski definition) is 1. The van der Waals surface area contributed by atoms with Crippen LogP contribution < -0.4 is 0 Å². The van der Waals surface area contributed by atoms with E-state index in [1.54, 1.807) is 23.1 Å². The van der Waals surface area contributed by atoms with E-state index in [1.165, 1.54) is 23.6 Å². The molecule has 4 aromatic rings. The maximum Gasteiger partial charge on any atom is 0.295 e. The number of carbonyl (C=O) groups is 3. The van der Waals surface area contributed by atoms with Gasteiger partial charge in [-0.3, -0.25) is 14.4 Å². The zero-order valence-corrected chi connectivity index (χ0v) is 19.0. The number of carbonyl (C=O) groups excluding carboxylic acids is 3. The summed E-state index contributed by atoms with van der Waals surface area (Å²) in [4.78, 5) is 53.7. The first kappa shape index (κ1) is 21.8. The van der Waals surface area contributed by atoms with Crippen LogP contribution in [0.1, 0.15) is 27.6 Å². The molecule has 1 N–H and O–H groups in total. The van der Waals surface area contributed by atoms with Gasteiger partial charge in [0.25, 0.3) is 17.6 Å². The molecule has 0 aliphatic carbocycles. The zero-order chi connectivity index (χ0) is 23.8. The number of rotatable bonds is 4. The second-order valence-corrected chi connectivity index (χ2v) is 8.44. The van der Waals surface area contributed by atoms with E-state index in [2.05, 4.69) is 15.0 Å². The highest BCUT2D eigenvalue weighted by Crippen LogP contribution is 2.30. The molecule has 3 aromatic heterocycles. The van der Waals surface area contributed by atoms with Crippen molar-refractivity contribution in [3.05, 3.63) is 71.3 Å². The topological polar surface area (TPSA) is 112 Å². The molecule has 1 saturated heterocycles. The lowest BCUT2D eigenvalue weighted by atomic mass is 10.1. The number of H-pyrrole nitrogens is 1. The van der Waals surface area contributed by atoms with Gasteiger partial charge in [-0.2, -0.15) is 0 Å². The van der Waals surface area contributed by atoms with E-state index in [0.29, 0.717) is 35.6 Å². The summed E-state index contributed by atoms with van der Waals surface area (Å²) in [6.07, 6.45) is 4.37. The van der Waals surface area contributed by atoms with E-state index in [0.717, 1.165) is 0 Å². The lowest BCUT2D eigenvalue weighted by molar-refractivity contribution is -0.130. The first-order valence-electron chi connectivity index (χ1n) is 10.7. The minimum atomic E-state index is -0.700. The van der Waals surface area contributed by atoms with Crippen molar-refractivity contribution in [1.29, 1.82) is 0 Å². The number of oxazole rings is 1. The van der Waals surface area contributed by atoms with Crippen molar-refractivity contribution in [3.8, 4) is 11.5 Å². The molecule has 0 radical (unpaired) electrons. The van der Waals surface area contributed by atoms with Crippen molar-refractivity contribution in [2.24, 2.45) is 0 Å². The summed E-state index contributed by atoms with van der Waals surface area (Å²) in [5, 5.41) is 0.142. The number of ketones is 1. The molecule has 9 nitrogen and oxygen atoms in total. The van der Waals surface area contributed by atoms with Gasteiger partial charge in [-0.1, -0.05) is 29.8 Å². The number of piperazine rings is 1. The predicted octanol–water partition coefficient (Wildman–Crippen LogP) is 3.43. The average molecular weight is 478 g/mol. The number of halogens is 1. The Labute approximate surface area is 199 Å². The predicted molar refractivity (Wildman–Crippen MR) is 124 cm³/mol. The van der Waals surface area contributed by atoms with Crippen LogP contribution in [0, 0.1) is 0 Å². The average Bonchev–Trinajstić information content (AvgIpc) is 3.53.